The standard InChI is InChI=1S/C16H15Cl2NS/c17-12-3-1-11(2-4-12)10-19-15-7-8-20-16-6-5-13(18)9-14(15)16/h1-6,9,15,19H,7-8,10H2. The Morgan fingerprint density at radius 2 is 1.80 bits per heavy atom. The Bertz CT molecular complexity index is 598. The van der Waals surface area contributed by atoms with Crippen molar-refractivity contribution in [3.8, 4) is 0 Å². The lowest BCUT2D eigenvalue weighted by atomic mass is 10.0. The Morgan fingerprint density at radius 1 is 1.05 bits per heavy atom. The van der Waals surface area contributed by atoms with Gasteiger partial charge in [-0.05, 0) is 53.6 Å². The van der Waals surface area contributed by atoms with Crippen LogP contribution in [0.25, 0.3) is 0 Å². The van der Waals surface area contributed by atoms with Crippen molar-refractivity contribution in [2.75, 3.05) is 5.75 Å². The highest BCUT2D eigenvalue weighted by atomic mass is 35.5. The minimum absolute atomic E-state index is 0.376. The SMILES string of the molecule is Clc1ccc(CNC2CCSc3ccc(Cl)cc32)cc1. The Morgan fingerprint density at radius 3 is 2.60 bits per heavy atom. The largest absolute Gasteiger partial charge is 0.306 e. The molecule has 1 heterocycles. The average Bonchev–Trinajstić information content (AvgIpc) is 2.47. The van der Waals surface area contributed by atoms with Gasteiger partial charge >= 0.3 is 0 Å². The summed E-state index contributed by atoms with van der Waals surface area (Å²) in [6, 6.07) is 14.5. The van der Waals surface area contributed by atoms with Gasteiger partial charge in [0.1, 0.15) is 0 Å². The third kappa shape index (κ3) is 3.32. The Labute approximate surface area is 133 Å². The molecule has 20 heavy (non-hydrogen) atoms. The molecule has 0 amide bonds. The molecule has 104 valence electrons. The van der Waals surface area contributed by atoms with Gasteiger partial charge in [-0.15, -0.1) is 11.8 Å². The van der Waals surface area contributed by atoms with Gasteiger partial charge in [-0.3, -0.25) is 0 Å². The molecule has 2 aromatic rings. The van der Waals surface area contributed by atoms with E-state index in [1.807, 2.05) is 30.0 Å². The zero-order valence-corrected chi connectivity index (χ0v) is 13.2. The van der Waals surface area contributed by atoms with Gasteiger partial charge in [0.15, 0.2) is 0 Å². The topological polar surface area (TPSA) is 12.0 Å². The molecule has 0 saturated carbocycles. The van der Waals surface area contributed by atoms with Crippen LogP contribution >= 0.6 is 35.0 Å². The molecule has 1 aliphatic heterocycles. The van der Waals surface area contributed by atoms with Crippen LogP contribution in [-0.4, -0.2) is 5.75 Å². The highest BCUT2D eigenvalue weighted by molar-refractivity contribution is 7.99. The molecule has 0 aromatic heterocycles. The smallest absolute Gasteiger partial charge is 0.0410 e. The van der Waals surface area contributed by atoms with Gasteiger partial charge in [-0.1, -0.05) is 35.3 Å². The van der Waals surface area contributed by atoms with Gasteiger partial charge < -0.3 is 5.32 Å². The summed E-state index contributed by atoms with van der Waals surface area (Å²) in [5.74, 6) is 1.15. The Hall–Kier alpha value is -0.670. The molecule has 1 nitrogen and oxygen atoms in total. The van der Waals surface area contributed by atoms with Crippen LogP contribution in [0.1, 0.15) is 23.6 Å². The van der Waals surface area contributed by atoms with Crippen LogP contribution < -0.4 is 5.32 Å². The van der Waals surface area contributed by atoms with E-state index in [0.29, 0.717) is 6.04 Å². The van der Waals surface area contributed by atoms with Crippen LogP contribution in [0.3, 0.4) is 0 Å². The van der Waals surface area contributed by atoms with E-state index in [1.54, 1.807) is 0 Å². The number of nitrogens with one attached hydrogen (secondary N) is 1. The van der Waals surface area contributed by atoms with E-state index in [1.165, 1.54) is 16.0 Å². The first-order chi connectivity index (χ1) is 9.72. The van der Waals surface area contributed by atoms with E-state index >= 15 is 0 Å². The normalized spacial score (nSPS) is 17.8. The molecule has 2 aromatic carbocycles. The van der Waals surface area contributed by atoms with E-state index in [9.17, 15) is 0 Å². The third-order valence-electron chi connectivity index (χ3n) is 3.48. The number of hydrogen-bond acceptors (Lipinski definition) is 2. The van der Waals surface area contributed by atoms with Crippen molar-refractivity contribution >= 4 is 35.0 Å². The molecular formula is C16H15Cl2NS. The zero-order chi connectivity index (χ0) is 13.9. The predicted molar refractivity (Wildman–Crippen MR) is 87.8 cm³/mol. The molecule has 0 saturated heterocycles. The minimum atomic E-state index is 0.376. The fourth-order valence-corrected chi connectivity index (χ4v) is 3.83. The number of rotatable bonds is 3. The molecule has 0 fully saturated rings. The van der Waals surface area contributed by atoms with Gasteiger partial charge in [0.2, 0.25) is 0 Å². The first-order valence-electron chi connectivity index (χ1n) is 6.62. The lowest BCUT2D eigenvalue weighted by Gasteiger charge is -2.26. The second-order valence-electron chi connectivity index (χ2n) is 4.88. The highest BCUT2D eigenvalue weighted by Crippen LogP contribution is 2.37. The van der Waals surface area contributed by atoms with Crippen LogP contribution in [0, 0.1) is 0 Å². The summed E-state index contributed by atoms with van der Waals surface area (Å²) >= 11 is 13.9. The molecule has 1 atom stereocenters. The molecule has 1 N–H and O–H groups in total. The van der Waals surface area contributed by atoms with Crippen molar-refractivity contribution in [1.82, 2.24) is 5.32 Å². The predicted octanol–water partition coefficient (Wildman–Crippen LogP) is 5.32. The first-order valence-corrected chi connectivity index (χ1v) is 8.36. The van der Waals surface area contributed by atoms with Crippen molar-refractivity contribution in [3.63, 3.8) is 0 Å². The quantitative estimate of drug-likeness (QED) is 0.820. The summed E-state index contributed by atoms with van der Waals surface area (Å²) in [5, 5.41) is 5.21. The van der Waals surface area contributed by atoms with Crippen LogP contribution in [0.2, 0.25) is 10.0 Å². The molecule has 1 unspecified atom stereocenters. The molecule has 0 spiro atoms. The van der Waals surface area contributed by atoms with Crippen molar-refractivity contribution in [2.24, 2.45) is 0 Å². The van der Waals surface area contributed by atoms with E-state index in [2.05, 4.69) is 29.6 Å². The van der Waals surface area contributed by atoms with Crippen molar-refractivity contribution < 1.29 is 0 Å². The number of thioether (sulfide) groups is 1. The summed E-state index contributed by atoms with van der Waals surface area (Å²) < 4.78 is 0. The van der Waals surface area contributed by atoms with Crippen molar-refractivity contribution in [1.29, 1.82) is 0 Å². The average molecular weight is 324 g/mol. The third-order valence-corrected chi connectivity index (χ3v) is 5.09. The lowest BCUT2D eigenvalue weighted by Crippen LogP contribution is -2.24. The van der Waals surface area contributed by atoms with Crippen molar-refractivity contribution in [2.45, 2.75) is 23.9 Å². The summed E-state index contributed by atoms with van der Waals surface area (Å²) in [7, 11) is 0. The monoisotopic (exact) mass is 323 g/mol. The maximum Gasteiger partial charge on any atom is 0.0410 e. The number of benzene rings is 2. The molecular weight excluding hydrogens is 309 g/mol. The summed E-state index contributed by atoms with van der Waals surface area (Å²) in [4.78, 5) is 1.34. The number of halogens is 2. The van der Waals surface area contributed by atoms with Crippen LogP contribution in [0.5, 0.6) is 0 Å². The van der Waals surface area contributed by atoms with E-state index in [0.717, 1.165) is 28.8 Å². The zero-order valence-electron chi connectivity index (χ0n) is 10.9. The molecule has 0 radical (unpaired) electrons. The van der Waals surface area contributed by atoms with Gasteiger partial charge in [0.25, 0.3) is 0 Å². The van der Waals surface area contributed by atoms with E-state index in [4.69, 9.17) is 23.2 Å². The van der Waals surface area contributed by atoms with Gasteiger partial charge in [-0.25, -0.2) is 0 Å². The van der Waals surface area contributed by atoms with Gasteiger partial charge in [0.05, 0.1) is 0 Å². The van der Waals surface area contributed by atoms with Gasteiger partial charge in [0, 0.05) is 27.5 Å². The maximum atomic E-state index is 6.12. The van der Waals surface area contributed by atoms with Crippen LogP contribution in [-0.2, 0) is 6.54 Å². The fourth-order valence-electron chi connectivity index (χ4n) is 2.42. The fraction of sp³-hybridized carbons (Fsp3) is 0.250. The molecule has 3 rings (SSSR count). The Kier molecular flexibility index (Phi) is 4.57. The first kappa shape index (κ1) is 14.3. The van der Waals surface area contributed by atoms with Crippen LogP contribution in [0.4, 0.5) is 0 Å². The Balaban J connectivity index is 1.73. The second kappa shape index (κ2) is 6.40. The summed E-state index contributed by atoms with van der Waals surface area (Å²) in [5.41, 5.74) is 2.57. The number of fused-ring (bicyclic) bond motifs is 1. The molecule has 0 aliphatic carbocycles. The lowest BCUT2D eigenvalue weighted by molar-refractivity contribution is 0.510. The van der Waals surface area contributed by atoms with E-state index in [-0.39, 0.29) is 0 Å². The second-order valence-corrected chi connectivity index (χ2v) is 6.89. The molecule has 0 bridgehead atoms. The summed E-state index contributed by atoms with van der Waals surface area (Å²) in [6.45, 7) is 0.846. The van der Waals surface area contributed by atoms with E-state index < -0.39 is 0 Å². The van der Waals surface area contributed by atoms with Crippen LogP contribution in [0.15, 0.2) is 47.4 Å². The minimum Gasteiger partial charge on any atom is -0.306 e. The van der Waals surface area contributed by atoms with Crippen molar-refractivity contribution in [3.05, 3.63) is 63.6 Å². The summed E-state index contributed by atoms with van der Waals surface area (Å²) in [6.07, 6.45) is 1.13. The molecule has 1 aliphatic rings. The highest BCUT2D eigenvalue weighted by Gasteiger charge is 2.20. The van der Waals surface area contributed by atoms with Gasteiger partial charge in [-0.2, -0.15) is 0 Å². The maximum absolute atomic E-state index is 6.12. The number of hydrogen-bond donors (Lipinski definition) is 1. The molecule has 4 heteroatoms.